The molecule has 2 aromatic rings. The fourth-order valence-corrected chi connectivity index (χ4v) is 1.86. The average molecular weight is 366 g/mol. The number of nitrogen functional groups attached to an aromatic ring is 2. The number of alkyl halides is 6. The van der Waals surface area contributed by atoms with Gasteiger partial charge in [-0.15, -0.1) is 0 Å². The smallest absolute Gasteiger partial charge is 0.438 e. The molecule has 10 heteroatoms. The van der Waals surface area contributed by atoms with Crippen LogP contribution in [0.1, 0.15) is 0 Å². The lowest BCUT2D eigenvalue weighted by Gasteiger charge is -2.36. The van der Waals surface area contributed by atoms with Crippen molar-refractivity contribution in [2.45, 2.75) is 18.1 Å². The monoisotopic (exact) mass is 366 g/mol. The van der Waals surface area contributed by atoms with Crippen LogP contribution in [0, 0.1) is 0 Å². The highest BCUT2D eigenvalue weighted by Gasteiger charge is 2.77. The van der Waals surface area contributed by atoms with Gasteiger partial charge in [0, 0.05) is 17.4 Å². The van der Waals surface area contributed by atoms with E-state index in [9.17, 15) is 26.3 Å². The summed E-state index contributed by atoms with van der Waals surface area (Å²) in [7, 11) is 0. The number of benzene rings is 2. The SMILES string of the molecule is Nc1ccc(OC(Oc2cccc(N)c2)(C(F)(F)F)C(F)(F)F)cc1. The molecule has 0 aromatic heterocycles. The molecular weight excluding hydrogens is 354 g/mol. The summed E-state index contributed by atoms with van der Waals surface area (Å²) in [6, 6.07) is 8.05. The molecule has 0 unspecified atom stereocenters. The molecule has 0 radical (unpaired) electrons. The maximum atomic E-state index is 13.4. The van der Waals surface area contributed by atoms with Crippen molar-refractivity contribution in [2.75, 3.05) is 11.5 Å². The molecule has 0 heterocycles. The molecule has 25 heavy (non-hydrogen) atoms. The number of ether oxygens (including phenoxy) is 2. The predicted molar refractivity (Wildman–Crippen MR) is 77.8 cm³/mol. The van der Waals surface area contributed by atoms with Crippen LogP contribution in [0.5, 0.6) is 11.5 Å². The van der Waals surface area contributed by atoms with Crippen LogP contribution in [0.4, 0.5) is 37.7 Å². The zero-order chi connectivity index (χ0) is 18.9. The summed E-state index contributed by atoms with van der Waals surface area (Å²) in [5.74, 6) is -6.41. The third kappa shape index (κ3) is 3.83. The van der Waals surface area contributed by atoms with E-state index in [4.69, 9.17) is 11.5 Å². The summed E-state index contributed by atoms with van der Waals surface area (Å²) in [6.07, 6.45) is -11.9. The van der Waals surface area contributed by atoms with Gasteiger partial charge in [-0.2, -0.15) is 26.3 Å². The highest BCUT2D eigenvalue weighted by Crippen LogP contribution is 2.47. The van der Waals surface area contributed by atoms with E-state index in [-0.39, 0.29) is 11.4 Å². The third-order valence-electron chi connectivity index (χ3n) is 3.01. The van der Waals surface area contributed by atoms with Crippen LogP contribution in [0.3, 0.4) is 0 Å². The van der Waals surface area contributed by atoms with E-state index in [1.807, 2.05) is 0 Å². The quantitative estimate of drug-likeness (QED) is 0.485. The fourth-order valence-electron chi connectivity index (χ4n) is 1.86. The van der Waals surface area contributed by atoms with Gasteiger partial charge in [0.2, 0.25) is 0 Å². The van der Waals surface area contributed by atoms with Crippen molar-refractivity contribution in [1.29, 1.82) is 0 Å². The number of nitrogens with two attached hydrogens (primary N) is 2. The molecule has 0 aliphatic heterocycles. The molecule has 2 aromatic carbocycles. The van der Waals surface area contributed by atoms with E-state index in [2.05, 4.69) is 9.47 Å². The minimum atomic E-state index is -5.95. The number of hydrogen-bond donors (Lipinski definition) is 2. The van der Waals surface area contributed by atoms with Crippen molar-refractivity contribution in [2.24, 2.45) is 0 Å². The molecule has 0 bridgehead atoms. The first kappa shape index (κ1) is 18.6. The molecule has 0 spiro atoms. The number of hydrogen-bond acceptors (Lipinski definition) is 4. The minimum absolute atomic E-state index is 0.0803. The Hall–Kier alpha value is -2.78. The molecule has 0 aliphatic carbocycles. The number of halogens is 6. The molecule has 0 atom stereocenters. The Morgan fingerprint density at radius 2 is 1.16 bits per heavy atom. The Labute approximate surface area is 137 Å². The second kappa shape index (κ2) is 6.26. The Balaban J connectivity index is 2.54. The maximum absolute atomic E-state index is 13.4. The molecule has 0 saturated heterocycles. The Bertz CT molecular complexity index is 714. The van der Waals surface area contributed by atoms with Crippen LogP contribution in [-0.4, -0.2) is 18.1 Å². The Morgan fingerprint density at radius 3 is 1.64 bits per heavy atom. The van der Waals surface area contributed by atoms with Gasteiger partial charge in [0.15, 0.2) is 0 Å². The lowest BCUT2D eigenvalue weighted by Crippen LogP contribution is -2.65. The van der Waals surface area contributed by atoms with Gasteiger partial charge in [0.05, 0.1) is 0 Å². The van der Waals surface area contributed by atoms with Crippen LogP contribution < -0.4 is 20.9 Å². The lowest BCUT2D eigenvalue weighted by molar-refractivity contribution is -0.422. The minimum Gasteiger partial charge on any atom is -0.438 e. The van der Waals surface area contributed by atoms with Crippen LogP contribution in [-0.2, 0) is 0 Å². The molecule has 2 rings (SSSR count). The summed E-state index contributed by atoms with van der Waals surface area (Å²) in [5.41, 5.74) is 10.8. The molecule has 0 saturated carbocycles. The summed E-state index contributed by atoms with van der Waals surface area (Å²) >= 11 is 0. The predicted octanol–water partition coefficient (Wildman–Crippen LogP) is 4.13. The van der Waals surface area contributed by atoms with Crippen LogP contribution in [0.15, 0.2) is 48.5 Å². The summed E-state index contributed by atoms with van der Waals surface area (Å²) in [5, 5.41) is 0. The topological polar surface area (TPSA) is 70.5 Å². The van der Waals surface area contributed by atoms with Crippen molar-refractivity contribution in [3.05, 3.63) is 48.5 Å². The van der Waals surface area contributed by atoms with Gasteiger partial charge in [-0.05, 0) is 36.4 Å². The van der Waals surface area contributed by atoms with Crippen LogP contribution in [0.25, 0.3) is 0 Å². The molecule has 4 nitrogen and oxygen atoms in total. The van der Waals surface area contributed by atoms with E-state index < -0.39 is 29.6 Å². The molecular formula is C15H12F6N2O2. The largest absolute Gasteiger partial charge is 0.478 e. The van der Waals surface area contributed by atoms with Gasteiger partial charge < -0.3 is 20.9 Å². The number of rotatable bonds is 4. The van der Waals surface area contributed by atoms with Crippen LogP contribution in [0.2, 0.25) is 0 Å². The van der Waals surface area contributed by atoms with Gasteiger partial charge >= 0.3 is 18.1 Å². The normalized spacial score (nSPS) is 12.7. The first-order valence-electron chi connectivity index (χ1n) is 6.67. The Morgan fingerprint density at radius 1 is 0.640 bits per heavy atom. The maximum Gasteiger partial charge on any atom is 0.478 e. The van der Waals surface area contributed by atoms with E-state index in [1.54, 1.807) is 0 Å². The van der Waals surface area contributed by atoms with Crippen molar-refractivity contribution in [1.82, 2.24) is 0 Å². The van der Waals surface area contributed by atoms with E-state index in [0.717, 1.165) is 42.5 Å². The van der Waals surface area contributed by atoms with Crippen molar-refractivity contribution >= 4 is 11.4 Å². The van der Waals surface area contributed by atoms with E-state index in [1.165, 1.54) is 6.07 Å². The zero-order valence-electron chi connectivity index (χ0n) is 12.4. The summed E-state index contributed by atoms with van der Waals surface area (Å²) < 4.78 is 88.9. The van der Waals surface area contributed by atoms with Gasteiger partial charge in [-0.1, -0.05) is 6.07 Å². The second-order valence-corrected chi connectivity index (χ2v) is 4.96. The molecule has 0 fully saturated rings. The van der Waals surface area contributed by atoms with Gasteiger partial charge in [0.25, 0.3) is 0 Å². The second-order valence-electron chi connectivity index (χ2n) is 4.96. The third-order valence-corrected chi connectivity index (χ3v) is 3.01. The lowest BCUT2D eigenvalue weighted by atomic mass is 10.2. The van der Waals surface area contributed by atoms with Gasteiger partial charge in [0.1, 0.15) is 11.5 Å². The van der Waals surface area contributed by atoms with Crippen molar-refractivity contribution in [3.63, 3.8) is 0 Å². The summed E-state index contributed by atoms with van der Waals surface area (Å²) in [4.78, 5) is 0. The van der Waals surface area contributed by atoms with Crippen molar-refractivity contribution < 1.29 is 35.8 Å². The standard InChI is InChI=1S/C15H12F6N2O2/c16-14(17,18)13(15(19,20)21,24-11-6-4-9(22)5-7-11)25-12-3-1-2-10(23)8-12/h1-8H,22-23H2. The van der Waals surface area contributed by atoms with Gasteiger partial charge in [-0.25, -0.2) is 0 Å². The Kier molecular flexibility index (Phi) is 4.65. The molecule has 0 amide bonds. The van der Waals surface area contributed by atoms with E-state index >= 15 is 0 Å². The fraction of sp³-hybridized carbons (Fsp3) is 0.200. The zero-order valence-corrected chi connectivity index (χ0v) is 12.4. The van der Waals surface area contributed by atoms with Crippen LogP contribution >= 0.6 is 0 Å². The van der Waals surface area contributed by atoms with Crippen molar-refractivity contribution in [3.8, 4) is 11.5 Å². The first-order valence-corrected chi connectivity index (χ1v) is 6.67. The van der Waals surface area contributed by atoms with E-state index in [0.29, 0.717) is 0 Å². The molecule has 4 N–H and O–H groups in total. The highest BCUT2D eigenvalue weighted by atomic mass is 19.4. The highest BCUT2D eigenvalue weighted by molar-refractivity contribution is 5.44. The molecule has 136 valence electrons. The van der Waals surface area contributed by atoms with Gasteiger partial charge in [-0.3, -0.25) is 0 Å². The molecule has 0 aliphatic rings. The first-order chi connectivity index (χ1) is 11.4. The average Bonchev–Trinajstić information content (AvgIpc) is 2.46. The number of anilines is 2. The summed E-state index contributed by atoms with van der Waals surface area (Å²) in [6.45, 7) is 0.